The van der Waals surface area contributed by atoms with Crippen molar-refractivity contribution in [3.05, 3.63) is 69.2 Å². The normalized spacial score (nSPS) is 15.9. The van der Waals surface area contributed by atoms with Crippen LogP contribution in [0.5, 0.6) is 5.75 Å². The Kier molecular flexibility index (Phi) is 7.82. The largest absolute Gasteiger partial charge is 0.488 e. The second kappa shape index (κ2) is 10.8. The van der Waals surface area contributed by atoms with Crippen LogP contribution in [0.1, 0.15) is 34.3 Å². The van der Waals surface area contributed by atoms with Crippen molar-refractivity contribution in [1.29, 1.82) is 5.26 Å². The Morgan fingerprint density at radius 2 is 2.06 bits per heavy atom. The third-order valence-corrected chi connectivity index (χ3v) is 5.24. The number of hydrogen-bond acceptors (Lipinski definition) is 5. The molecule has 1 atom stereocenters. The van der Waals surface area contributed by atoms with Gasteiger partial charge in [0.05, 0.1) is 11.7 Å². The van der Waals surface area contributed by atoms with Crippen molar-refractivity contribution in [3.8, 4) is 11.8 Å². The van der Waals surface area contributed by atoms with Crippen LogP contribution < -0.4 is 10.1 Å². The summed E-state index contributed by atoms with van der Waals surface area (Å²) in [5, 5.41) is 21.2. The number of hydrogen-bond donors (Lipinski definition) is 2. The molecular weight excluding hydrogens is 464 g/mol. The molecule has 0 saturated carbocycles. The third kappa shape index (κ3) is 6.41. The molecule has 0 radical (unpaired) electrons. The van der Waals surface area contributed by atoms with Crippen LogP contribution >= 0.6 is 15.9 Å². The molecule has 1 aliphatic heterocycles. The van der Waals surface area contributed by atoms with E-state index in [4.69, 9.17) is 14.6 Å². The Morgan fingerprint density at radius 3 is 2.71 bits per heavy atom. The van der Waals surface area contributed by atoms with Crippen LogP contribution in [-0.2, 0) is 16.1 Å². The lowest BCUT2D eigenvalue weighted by Crippen LogP contribution is -2.32. The summed E-state index contributed by atoms with van der Waals surface area (Å²) in [7, 11) is 0. The molecular formula is C23H21BrN2O5. The monoisotopic (exact) mass is 484 g/mol. The Balaban J connectivity index is 1.72. The van der Waals surface area contributed by atoms with Crippen molar-refractivity contribution in [2.75, 3.05) is 13.2 Å². The van der Waals surface area contributed by atoms with Gasteiger partial charge >= 0.3 is 5.97 Å². The molecule has 2 N–H and O–H groups in total. The standard InChI is InChI=1S/C23H21BrN2O5/c24-19-7-8-21(31-14-15-3-5-16(6-4-15)23(28)29)17(11-19)10-18(12-25)22(27)26-13-20-2-1-9-30-20/h3-8,10-11,20H,1-2,9,13-14H2,(H,26,27)(H,28,29)/b18-10+. The molecule has 3 rings (SSSR count). The highest BCUT2D eigenvalue weighted by Gasteiger charge is 2.18. The Hall–Kier alpha value is -3.15. The maximum absolute atomic E-state index is 12.4. The number of amides is 1. The number of aromatic carboxylic acids is 1. The van der Waals surface area contributed by atoms with Gasteiger partial charge in [0.15, 0.2) is 0 Å². The fraction of sp³-hybridized carbons (Fsp3) is 0.261. The molecule has 0 bridgehead atoms. The summed E-state index contributed by atoms with van der Waals surface area (Å²) in [4.78, 5) is 23.4. The number of halogens is 1. The van der Waals surface area contributed by atoms with Crippen molar-refractivity contribution in [2.24, 2.45) is 0 Å². The van der Waals surface area contributed by atoms with Gasteiger partial charge in [0.1, 0.15) is 24.0 Å². The molecule has 0 aliphatic carbocycles. The van der Waals surface area contributed by atoms with Crippen LogP contribution in [0.3, 0.4) is 0 Å². The summed E-state index contributed by atoms with van der Waals surface area (Å²) >= 11 is 3.40. The van der Waals surface area contributed by atoms with E-state index >= 15 is 0 Å². The summed E-state index contributed by atoms with van der Waals surface area (Å²) in [6.07, 6.45) is 3.34. The van der Waals surface area contributed by atoms with Gasteiger partial charge in [0.25, 0.3) is 5.91 Å². The van der Waals surface area contributed by atoms with E-state index < -0.39 is 11.9 Å². The molecule has 0 aromatic heterocycles. The molecule has 1 aliphatic rings. The topological polar surface area (TPSA) is 109 Å². The lowest BCUT2D eigenvalue weighted by atomic mass is 10.1. The Bertz CT molecular complexity index is 1020. The van der Waals surface area contributed by atoms with E-state index in [1.807, 2.05) is 6.07 Å². The van der Waals surface area contributed by atoms with Crippen molar-refractivity contribution in [1.82, 2.24) is 5.32 Å². The lowest BCUT2D eigenvalue weighted by molar-refractivity contribution is -0.117. The summed E-state index contributed by atoms with van der Waals surface area (Å²) in [6.45, 7) is 1.26. The molecule has 8 heteroatoms. The minimum atomic E-state index is -0.991. The fourth-order valence-electron chi connectivity index (χ4n) is 3.08. The number of ether oxygens (including phenoxy) is 2. The maximum atomic E-state index is 12.4. The lowest BCUT2D eigenvalue weighted by Gasteiger charge is -2.12. The first kappa shape index (κ1) is 22.5. The first-order valence-corrected chi connectivity index (χ1v) is 10.5. The molecule has 1 unspecified atom stereocenters. The van der Waals surface area contributed by atoms with E-state index in [1.54, 1.807) is 30.3 Å². The zero-order valence-corrected chi connectivity index (χ0v) is 18.2. The van der Waals surface area contributed by atoms with Gasteiger partial charge in [0, 0.05) is 23.2 Å². The highest BCUT2D eigenvalue weighted by molar-refractivity contribution is 9.10. The molecule has 7 nitrogen and oxygen atoms in total. The number of benzene rings is 2. The average Bonchev–Trinajstić information content (AvgIpc) is 3.29. The predicted octanol–water partition coefficient (Wildman–Crippen LogP) is 3.93. The van der Waals surface area contributed by atoms with Gasteiger partial charge in [-0.2, -0.15) is 5.26 Å². The molecule has 1 heterocycles. The number of nitrogens with one attached hydrogen (secondary N) is 1. The first-order chi connectivity index (χ1) is 15.0. The van der Waals surface area contributed by atoms with Crippen molar-refractivity contribution >= 4 is 33.9 Å². The van der Waals surface area contributed by atoms with Gasteiger partial charge in [-0.25, -0.2) is 4.79 Å². The highest BCUT2D eigenvalue weighted by atomic mass is 79.9. The molecule has 1 amide bonds. The number of carboxylic acid groups (broad SMARTS) is 1. The van der Waals surface area contributed by atoms with Crippen LogP contribution in [0.2, 0.25) is 0 Å². The van der Waals surface area contributed by atoms with E-state index in [1.165, 1.54) is 18.2 Å². The summed E-state index contributed by atoms with van der Waals surface area (Å²) in [6, 6.07) is 13.6. The van der Waals surface area contributed by atoms with Crippen molar-refractivity contribution < 1.29 is 24.2 Å². The van der Waals surface area contributed by atoms with Crippen molar-refractivity contribution in [2.45, 2.75) is 25.6 Å². The van der Waals surface area contributed by atoms with Crippen LogP contribution in [0, 0.1) is 11.3 Å². The molecule has 160 valence electrons. The Morgan fingerprint density at radius 1 is 1.29 bits per heavy atom. The maximum Gasteiger partial charge on any atom is 0.335 e. The number of carbonyl (C=O) groups excluding carboxylic acids is 1. The molecule has 1 fully saturated rings. The van der Waals surface area contributed by atoms with E-state index in [0.29, 0.717) is 24.5 Å². The quantitative estimate of drug-likeness (QED) is 0.433. The highest BCUT2D eigenvalue weighted by Crippen LogP contribution is 2.26. The van der Waals surface area contributed by atoms with E-state index in [-0.39, 0.29) is 23.8 Å². The number of carboxylic acids is 1. The Labute approximate surface area is 188 Å². The van der Waals surface area contributed by atoms with E-state index in [0.717, 1.165) is 22.9 Å². The second-order valence-corrected chi connectivity index (χ2v) is 7.90. The summed E-state index contributed by atoms with van der Waals surface area (Å²) in [5.74, 6) is -0.965. The summed E-state index contributed by atoms with van der Waals surface area (Å²) < 4.78 is 12.1. The van der Waals surface area contributed by atoms with Gasteiger partial charge in [-0.05, 0) is 54.8 Å². The minimum absolute atomic E-state index is 0.0128. The van der Waals surface area contributed by atoms with Gasteiger partial charge < -0.3 is 19.9 Å². The SMILES string of the molecule is N#C/C(=C\c1cc(Br)ccc1OCc1ccc(C(=O)O)cc1)C(=O)NCC1CCCO1. The summed E-state index contributed by atoms with van der Waals surface area (Å²) in [5.41, 5.74) is 1.52. The van der Waals surface area contributed by atoms with Gasteiger partial charge in [-0.15, -0.1) is 0 Å². The number of nitrogens with zero attached hydrogens (tertiary/aromatic N) is 1. The predicted molar refractivity (Wildman–Crippen MR) is 117 cm³/mol. The fourth-order valence-corrected chi connectivity index (χ4v) is 3.46. The number of nitriles is 1. The molecule has 2 aromatic rings. The smallest absolute Gasteiger partial charge is 0.335 e. The molecule has 0 spiro atoms. The third-order valence-electron chi connectivity index (χ3n) is 4.75. The second-order valence-electron chi connectivity index (χ2n) is 6.99. The van der Waals surface area contributed by atoms with E-state index in [2.05, 4.69) is 21.2 Å². The van der Waals surface area contributed by atoms with Gasteiger partial charge in [0.2, 0.25) is 0 Å². The van der Waals surface area contributed by atoms with Crippen LogP contribution in [-0.4, -0.2) is 36.2 Å². The molecule has 2 aromatic carbocycles. The zero-order chi connectivity index (χ0) is 22.2. The van der Waals surface area contributed by atoms with Gasteiger partial charge in [-0.1, -0.05) is 28.1 Å². The first-order valence-electron chi connectivity index (χ1n) is 9.72. The van der Waals surface area contributed by atoms with Crippen molar-refractivity contribution in [3.63, 3.8) is 0 Å². The number of carbonyl (C=O) groups is 2. The molecule has 31 heavy (non-hydrogen) atoms. The van der Waals surface area contributed by atoms with E-state index in [9.17, 15) is 14.9 Å². The van der Waals surface area contributed by atoms with Crippen LogP contribution in [0.25, 0.3) is 6.08 Å². The number of rotatable bonds is 8. The average molecular weight is 485 g/mol. The zero-order valence-electron chi connectivity index (χ0n) is 16.6. The van der Waals surface area contributed by atoms with Gasteiger partial charge in [-0.3, -0.25) is 4.79 Å². The van der Waals surface area contributed by atoms with Crippen LogP contribution in [0.15, 0.2) is 52.5 Å². The molecule has 1 saturated heterocycles. The van der Waals surface area contributed by atoms with Crippen LogP contribution in [0.4, 0.5) is 0 Å². The minimum Gasteiger partial charge on any atom is -0.488 e.